The molecule has 0 aliphatic carbocycles. The van der Waals surface area contributed by atoms with Crippen LogP contribution in [0.15, 0.2) is 59.2 Å². The zero-order valence-corrected chi connectivity index (χ0v) is 20.6. The van der Waals surface area contributed by atoms with Crippen LogP contribution >= 0.6 is 11.6 Å². The minimum absolute atomic E-state index is 0.226. The normalized spacial score (nSPS) is 12.2. The molecule has 4 rings (SSSR count). The van der Waals surface area contributed by atoms with Crippen LogP contribution < -0.4 is 0 Å². The van der Waals surface area contributed by atoms with Crippen molar-refractivity contribution in [3.63, 3.8) is 0 Å². The summed E-state index contributed by atoms with van der Waals surface area (Å²) in [6.45, 7) is 4.62. The van der Waals surface area contributed by atoms with Crippen LogP contribution in [0.25, 0.3) is 22.4 Å². The highest BCUT2D eigenvalue weighted by atomic mass is 35.5. The van der Waals surface area contributed by atoms with Crippen LogP contribution in [0, 0.1) is 6.92 Å². The van der Waals surface area contributed by atoms with E-state index in [1.807, 2.05) is 48.7 Å². The SMILES string of the molecule is CCCCCN(C(=O)c1ccc2nc(C)n(Cc3ccc(-c4ccco4)cc3Cl)c2c1)S(=O)O. The fraction of sp³-hybridized carbons (Fsp3) is 0.280. The number of carbonyl (C=O) groups excluding carboxylic acids is 1. The topological polar surface area (TPSA) is 88.6 Å². The van der Waals surface area contributed by atoms with Crippen molar-refractivity contribution in [3.8, 4) is 11.3 Å². The van der Waals surface area contributed by atoms with Crippen molar-refractivity contribution in [2.45, 2.75) is 39.7 Å². The largest absolute Gasteiger partial charge is 0.464 e. The predicted molar refractivity (Wildman–Crippen MR) is 134 cm³/mol. The minimum atomic E-state index is -2.38. The second kappa shape index (κ2) is 10.5. The third kappa shape index (κ3) is 5.09. The molecule has 1 N–H and O–H groups in total. The Hall–Kier alpha value is -2.94. The Morgan fingerprint density at radius 2 is 2.03 bits per heavy atom. The lowest BCUT2D eigenvalue weighted by molar-refractivity contribution is 0.0858. The highest BCUT2D eigenvalue weighted by Crippen LogP contribution is 2.28. The van der Waals surface area contributed by atoms with Crippen LogP contribution in [0.4, 0.5) is 0 Å². The molecule has 0 bridgehead atoms. The lowest BCUT2D eigenvalue weighted by Gasteiger charge is -2.18. The summed E-state index contributed by atoms with van der Waals surface area (Å²) in [7, 11) is 0. The van der Waals surface area contributed by atoms with E-state index in [9.17, 15) is 13.6 Å². The van der Waals surface area contributed by atoms with Gasteiger partial charge < -0.3 is 8.98 Å². The Labute approximate surface area is 205 Å². The second-order valence-corrected chi connectivity index (χ2v) is 9.39. The Morgan fingerprint density at radius 1 is 1.21 bits per heavy atom. The van der Waals surface area contributed by atoms with Gasteiger partial charge in [-0.1, -0.05) is 43.5 Å². The van der Waals surface area contributed by atoms with Crippen LogP contribution in [0.3, 0.4) is 0 Å². The number of aryl methyl sites for hydroxylation is 1. The standard InChI is InChI=1S/C25H26ClN3O4S/c1-3-4-5-12-29(34(31)32)25(30)19-10-11-22-23(15-19)28(17(2)27-22)16-20-9-8-18(14-21(20)26)24-7-6-13-33-24/h6-11,13-15H,3-5,12,16H2,1-2H3,(H,31,32). The van der Waals surface area contributed by atoms with Gasteiger partial charge in [0.05, 0.1) is 23.8 Å². The van der Waals surface area contributed by atoms with Crippen molar-refractivity contribution >= 4 is 39.8 Å². The lowest BCUT2D eigenvalue weighted by atomic mass is 10.1. The van der Waals surface area contributed by atoms with Gasteiger partial charge in [0.25, 0.3) is 17.2 Å². The maximum Gasteiger partial charge on any atom is 0.267 e. The number of imidazole rings is 1. The van der Waals surface area contributed by atoms with Gasteiger partial charge in [0.2, 0.25) is 0 Å². The fourth-order valence-corrected chi connectivity index (χ4v) is 4.69. The molecule has 9 heteroatoms. The molecule has 4 aromatic rings. The number of furan rings is 1. The van der Waals surface area contributed by atoms with E-state index in [2.05, 4.69) is 4.98 Å². The number of unbranched alkanes of at least 4 members (excludes halogenated alkanes) is 2. The molecule has 1 unspecified atom stereocenters. The molecule has 0 fully saturated rings. The van der Waals surface area contributed by atoms with Gasteiger partial charge in [0.1, 0.15) is 11.6 Å². The summed E-state index contributed by atoms with van der Waals surface area (Å²) in [5.74, 6) is 1.03. The smallest absolute Gasteiger partial charge is 0.267 e. The minimum Gasteiger partial charge on any atom is -0.464 e. The average molecular weight is 500 g/mol. The number of benzene rings is 2. The number of hydrogen-bond acceptors (Lipinski definition) is 4. The summed E-state index contributed by atoms with van der Waals surface area (Å²) in [6, 6.07) is 14.6. The van der Waals surface area contributed by atoms with Gasteiger partial charge in [0, 0.05) is 22.7 Å². The van der Waals surface area contributed by atoms with Crippen LogP contribution in [-0.4, -0.2) is 35.1 Å². The van der Waals surface area contributed by atoms with E-state index >= 15 is 0 Å². The number of carbonyl (C=O) groups is 1. The number of fused-ring (bicyclic) bond motifs is 1. The first-order chi connectivity index (χ1) is 16.4. The van der Waals surface area contributed by atoms with Gasteiger partial charge in [-0.2, -0.15) is 0 Å². The van der Waals surface area contributed by atoms with Crippen LogP contribution in [0.5, 0.6) is 0 Å². The van der Waals surface area contributed by atoms with Crippen LogP contribution in [0.1, 0.15) is 47.9 Å². The van der Waals surface area contributed by atoms with Gasteiger partial charge in [-0.25, -0.2) is 13.5 Å². The zero-order chi connectivity index (χ0) is 24.2. The van der Waals surface area contributed by atoms with E-state index in [0.29, 0.717) is 23.6 Å². The van der Waals surface area contributed by atoms with Crippen LogP contribution in [-0.2, 0) is 17.8 Å². The van der Waals surface area contributed by atoms with Gasteiger partial charge in [-0.05, 0) is 55.3 Å². The molecule has 2 aromatic heterocycles. The van der Waals surface area contributed by atoms with Gasteiger partial charge in [-0.15, -0.1) is 0 Å². The second-order valence-electron chi connectivity index (χ2n) is 8.08. The van der Waals surface area contributed by atoms with E-state index in [4.69, 9.17) is 16.0 Å². The molecule has 0 saturated heterocycles. The van der Waals surface area contributed by atoms with Crippen LogP contribution in [0.2, 0.25) is 5.02 Å². The molecular weight excluding hydrogens is 474 g/mol. The Morgan fingerprint density at radius 3 is 2.71 bits per heavy atom. The summed E-state index contributed by atoms with van der Waals surface area (Å²) in [4.78, 5) is 17.6. The number of rotatable bonds is 9. The summed E-state index contributed by atoms with van der Waals surface area (Å²) in [6.07, 6.45) is 4.12. The molecule has 0 radical (unpaired) electrons. The third-order valence-electron chi connectivity index (χ3n) is 5.75. The summed E-state index contributed by atoms with van der Waals surface area (Å²) >= 11 is 4.20. The van der Waals surface area contributed by atoms with Gasteiger partial charge in [-0.3, -0.25) is 9.35 Å². The lowest BCUT2D eigenvalue weighted by Crippen LogP contribution is -2.33. The Balaban J connectivity index is 1.64. The van der Waals surface area contributed by atoms with E-state index in [1.165, 1.54) is 0 Å². The molecule has 1 amide bonds. The predicted octanol–water partition coefficient (Wildman–Crippen LogP) is 6.08. The van der Waals surface area contributed by atoms with E-state index in [0.717, 1.165) is 50.9 Å². The van der Waals surface area contributed by atoms with Gasteiger partial charge in [0.15, 0.2) is 0 Å². The molecule has 2 heterocycles. The first-order valence-corrected chi connectivity index (χ1v) is 12.5. The monoisotopic (exact) mass is 499 g/mol. The number of amides is 1. The zero-order valence-electron chi connectivity index (χ0n) is 19.0. The maximum absolute atomic E-state index is 13.0. The summed E-state index contributed by atoms with van der Waals surface area (Å²) in [5, 5.41) is 0.597. The van der Waals surface area contributed by atoms with E-state index < -0.39 is 17.2 Å². The van der Waals surface area contributed by atoms with Crippen molar-refractivity contribution in [3.05, 3.63) is 76.8 Å². The molecule has 178 valence electrons. The van der Waals surface area contributed by atoms with Gasteiger partial charge >= 0.3 is 0 Å². The first kappa shape index (κ1) is 24.2. The van der Waals surface area contributed by atoms with Crippen molar-refractivity contribution < 1.29 is 18.0 Å². The number of nitrogens with zero attached hydrogens (tertiary/aromatic N) is 3. The molecule has 0 spiro atoms. The first-order valence-electron chi connectivity index (χ1n) is 11.1. The summed E-state index contributed by atoms with van der Waals surface area (Å²) in [5.41, 5.74) is 3.62. The molecule has 34 heavy (non-hydrogen) atoms. The molecule has 2 aromatic carbocycles. The third-order valence-corrected chi connectivity index (χ3v) is 6.83. The van der Waals surface area contributed by atoms with Crippen molar-refractivity contribution in [2.24, 2.45) is 0 Å². The maximum atomic E-state index is 13.0. The quantitative estimate of drug-likeness (QED) is 0.223. The summed E-state index contributed by atoms with van der Waals surface area (Å²) < 4.78 is 29.9. The number of aromatic nitrogens is 2. The number of halogens is 1. The van der Waals surface area contributed by atoms with E-state index in [1.54, 1.807) is 24.5 Å². The molecule has 1 atom stereocenters. The fourth-order valence-electron chi connectivity index (χ4n) is 3.92. The molecule has 0 saturated carbocycles. The van der Waals surface area contributed by atoms with Crippen molar-refractivity contribution in [1.82, 2.24) is 13.9 Å². The van der Waals surface area contributed by atoms with E-state index in [-0.39, 0.29) is 6.54 Å². The Bertz CT molecular complexity index is 1330. The molecule has 0 aliphatic rings. The Kier molecular flexibility index (Phi) is 7.50. The van der Waals surface area contributed by atoms with Crippen molar-refractivity contribution in [1.29, 1.82) is 0 Å². The van der Waals surface area contributed by atoms with Crippen molar-refractivity contribution in [2.75, 3.05) is 6.54 Å². The number of hydrogen-bond donors (Lipinski definition) is 1. The highest BCUT2D eigenvalue weighted by molar-refractivity contribution is 7.77. The average Bonchev–Trinajstić information content (AvgIpc) is 3.45. The molecule has 0 aliphatic heterocycles. The molecular formula is C25H26ClN3O4S. The highest BCUT2D eigenvalue weighted by Gasteiger charge is 2.22. The molecule has 7 nitrogen and oxygen atoms in total.